The zero-order valence-corrected chi connectivity index (χ0v) is 14.1. The molecule has 0 radical (unpaired) electrons. The van der Waals surface area contributed by atoms with E-state index in [0.29, 0.717) is 22.6 Å². The molecule has 0 aliphatic carbocycles. The number of H-pyrrole nitrogens is 1. The van der Waals surface area contributed by atoms with Crippen molar-refractivity contribution >= 4 is 17.0 Å². The van der Waals surface area contributed by atoms with Crippen LogP contribution < -0.4 is 5.76 Å². The fraction of sp³-hybridized carbons (Fsp3) is 0.389. The lowest BCUT2D eigenvalue weighted by atomic mass is 9.93. The number of piperidine rings is 1. The standard InChI is InChI=1S/C18H20N4O3/c1-21-15-10-13(4-5-16(15)25-18(21)24)17(23)22-8-2-3-12(11-22)9-14-6-7-19-20-14/h4-7,10,12H,2-3,8-9,11H2,1H3,(H,19,20). The molecule has 130 valence electrons. The number of aromatic amines is 1. The Balaban J connectivity index is 1.53. The number of rotatable bonds is 3. The normalized spacial score (nSPS) is 18.0. The molecule has 1 aromatic carbocycles. The van der Waals surface area contributed by atoms with Gasteiger partial charge in [-0.15, -0.1) is 0 Å². The van der Waals surface area contributed by atoms with Crippen LogP contribution in [0.3, 0.4) is 0 Å². The van der Waals surface area contributed by atoms with Crippen LogP contribution in [0.4, 0.5) is 0 Å². The Morgan fingerprint density at radius 3 is 3.08 bits per heavy atom. The lowest BCUT2D eigenvalue weighted by Crippen LogP contribution is -2.40. The van der Waals surface area contributed by atoms with Crippen LogP contribution in [0.25, 0.3) is 11.1 Å². The van der Waals surface area contributed by atoms with Crippen LogP contribution in [0.5, 0.6) is 0 Å². The number of fused-ring (bicyclic) bond motifs is 1. The first-order chi connectivity index (χ1) is 12.1. The number of aromatic nitrogens is 3. The molecular weight excluding hydrogens is 320 g/mol. The van der Waals surface area contributed by atoms with Gasteiger partial charge in [0.25, 0.3) is 5.91 Å². The molecule has 1 aliphatic rings. The van der Waals surface area contributed by atoms with Gasteiger partial charge in [0.2, 0.25) is 0 Å². The maximum atomic E-state index is 12.9. The lowest BCUT2D eigenvalue weighted by Gasteiger charge is -2.32. The number of hydrogen-bond donors (Lipinski definition) is 1. The predicted octanol–water partition coefficient (Wildman–Crippen LogP) is 1.95. The van der Waals surface area contributed by atoms with Crippen LogP contribution in [0.2, 0.25) is 0 Å². The van der Waals surface area contributed by atoms with E-state index in [4.69, 9.17) is 4.42 Å². The minimum absolute atomic E-state index is 0.00450. The lowest BCUT2D eigenvalue weighted by molar-refractivity contribution is 0.0673. The van der Waals surface area contributed by atoms with E-state index >= 15 is 0 Å². The maximum absolute atomic E-state index is 12.9. The molecule has 1 saturated heterocycles. The van der Waals surface area contributed by atoms with Gasteiger partial charge in [-0.05, 0) is 49.4 Å². The molecular formula is C18H20N4O3. The zero-order valence-electron chi connectivity index (χ0n) is 14.1. The average Bonchev–Trinajstić information content (AvgIpc) is 3.23. The monoisotopic (exact) mass is 340 g/mol. The molecule has 4 rings (SSSR count). The molecule has 0 bridgehead atoms. The first-order valence-electron chi connectivity index (χ1n) is 8.49. The Hall–Kier alpha value is -2.83. The molecule has 25 heavy (non-hydrogen) atoms. The predicted molar refractivity (Wildman–Crippen MR) is 92.4 cm³/mol. The van der Waals surface area contributed by atoms with Crippen molar-refractivity contribution in [1.82, 2.24) is 19.7 Å². The zero-order chi connectivity index (χ0) is 17.4. The van der Waals surface area contributed by atoms with E-state index in [9.17, 15) is 9.59 Å². The van der Waals surface area contributed by atoms with E-state index in [0.717, 1.165) is 38.0 Å². The minimum atomic E-state index is -0.419. The molecule has 1 unspecified atom stereocenters. The van der Waals surface area contributed by atoms with Crippen molar-refractivity contribution in [2.75, 3.05) is 13.1 Å². The Morgan fingerprint density at radius 1 is 1.40 bits per heavy atom. The number of likely N-dealkylation sites (tertiary alicyclic amines) is 1. The third-order valence-electron chi connectivity index (χ3n) is 4.91. The number of nitrogens with zero attached hydrogens (tertiary/aromatic N) is 3. The number of hydrogen-bond acceptors (Lipinski definition) is 4. The molecule has 2 aromatic heterocycles. The maximum Gasteiger partial charge on any atom is 0.419 e. The molecule has 3 aromatic rings. The van der Waals surface area contributed by atoms with Crippen molar-refractivity contribution in [3.05, 3.63) is 52.3 Å². The van der Waals surface area contributed by atoms with Crippen molar-refractivity contribution in [1.29, 1.82) is 0 Å². The number of carbonyl (C=O) groups excluding carboxylic acids is 1. The summed E-state index contributed by atoms with van der Waals surface area (Å²) in [6.07, 6.45) is 4.76. The molecule has 7 heteroatoms. The van der Waals surface area contributed by atoms with Crippen LogP contribution in [-0.4, -0.2) is 38.7 Å². The van der Waals surface area contributed by atoms with Gasteiger partial charge in [0.1, 0.15) is 0 Å². The number of oxazole rings is 1. The minimum Gasteiger partial charge on any atom is -0.408 e. The van der Waals surface area contributed by atoms with Crippen LogP contribution in [-0.2, 0) is 13.5 Å². The smallest absolute Gasteiger partial charge is 0.408 e. The Morgan fingerprint density at radius 2 is 2.28 bits per heavy atom. The second kappa shape index (κ2) is 6.23. The summed E-state index contributed by atoms with van der Waals surface area (Å²) in [5.74, 6) is 0.0159. The number of amides is 1. The first kappa shape index (κ1) is 15.7. The van der Waals surface area contributed by atoms with Crippen molar-refractivity contribution in [3.63, 3.8) is 0 Å². The second-order valence-electron chi connectivity index (χ2n) is 6.65. The summed E-state index contributed by atoms with van der Waals surface area (Å²) in [4.78, 5) is 26.4. The summed E-state index contributed by atoms with van der Waals surface area (Å²) in [6, 6.07) is 7.14. The Labute approximate surface area is 144 Å². The van der Waals surface area contributed by atoms with E-state index in [1.54, 1.807) is 31.4 Å². The van der Waals surface area contributed by atoms with E-state index in [1.807, 2.05) is 11.0 Å². The average molecular weight is 340 g/mol. The van der Waals surface area contributed by atoms with Crippen molar-refractivity contribution in [3.8, 4) is 0 Å². The molecule has 3 heterocycles. The molecule has 0 spiro atoms. The molecule has 1 aliphatic heterocycles. The van der Waals surface area contributed by atoms with Crippen molar-refractivity contribution in [2.24, 2.45) is 13.0 Å². The summed E-state index contributed by atoms with van der Waals surface area (Å²) in [6.45, 7) is 1.50. The van der Waals surface area contributed by atoms with Crippen molar-refractivity contribution < 1.29 is 9.21 Å². The molecule has 1 fully saturated rings. The third-order valence-corrected chi connectivity index (χ3v) is 4.91. The van der Waals surface area contributed by atoms with E-state index in [-0.39, 0.29) is 5.91 Å². The summed E-state index contributed by atoms with van der Waals surface area (Å²) < 4.78 is 6.55. The Kier molecular flexibility index (Phi) is 3.91. The van der Waals surface area contributed by atoms with Gasteiger partial charge in [0, 0.05) is 37.6 Å². The third kappa shape index (κ3) is 2.97. The largest absolute Gasteiger partial charge is 0.419 e. The molecule has 7 nitrogen and oxygen atoms in total. The van der Waals surface area contributed by atoms with Gasteiger partial charge < -0.3 is 9.32 Å². The molecule has 0 saturated carbocycles. The van der Waals surface area contributed by atoms with Gasteiger partial charge >= 0.3 is 5.76 Å². The Bertz CT molecular complexity index is 955. The fourth-order valence-electron chi connectivity index (χ4n) is 3.57. The number of benzene rings is 1. The van der Waals surface area contributed by atoms with E-state index in [1.165, 1.54) is 4.57 Å². The molecule has 1 atom stereocenters. The van der Waals surface area contributed by atoms with Gasteiger partial charge in [-0.1, -0.05) is 0 Å². The van der Waals surface area contributed by atoms with Crippen LogP contribution in [0.1, 0.15) is 28.9 Å². The summed E-state index contributed by atoms with van der Waals surface area (Å²) >= 11 is 0. The summed E-state index contributed by atoms with van der Waals surface area (Å²) in [7, 11) is 1.64. The van der Waals surface area contributed by atoms with Crippen LogP contribution >= 0.6 is 0 Å². The summed E-state index contributed by atoms with van der Waals surface area (Å²) in [5.41, 5.74) is 2.84. The SMILES string of the molecule is Cn1c(=O)oc2ccc(C(=O)N3CCCC(Cc4ccn[nH]4)C3)cc21. The molecule has 1 amide bonds. The highest BCUT2D eigenvalue weighted by atomic mass is 16.4. The second-order valence-corrected chi connectivity index (χ2v) is 6.65. The number of aryl methyl sites for hydroxylation is 1. The van der Waals surface area contributed by atoms with Crippen molar-refractivity contribution in [2.45, 2.75) is 19.3 Å². The summed E-state index contributed by atoms with van der Waals surface area (Å²) in [5, 5.41) is 6.98. The van der Waals surface area contributed by atoms with Crippen LogP contribution in [0.15, 0.2) is 39.7 Å². The fourth-order valence-corrected chi connectivity index (χ4v) is 3.57. The highest BCUT2D eigenvalue weighted by Gasteiger charge is 2.25. The number of carbonyl (C=O) groups is 1. The van der Waals surface area contributed by atoms with Gasteiger partial charge in [0.15, 0.2) is 5.58 Å². The molecule has 1 N–H and O–H groups in total. The topological polar surface area (TPSA) is 84.1 Å². The number of nitrogens with one attached hydrogen (secondary N) is 1. The van der Waals surface area contributed by atoms with E-state index in [2.05, 4.69) is 10.2 Å². The van der Waals surface area contributed by atoms with Gasteiger partial charge in [-0.25, -0.2) is 4.79 Å². The highest BCUT2D eigenvalue weighted by molar-refractivity contribution is 5.97. The quantitative estimate of drug-likeness (QED) is 0.790. The van der Waals surface area contributed by atoms with Gasteiger partial charge in [-0.2, -0.15) is 5.10 Å². The van der Waals surface area contributed by atoms with Gasteiger partial charge in [0.05, 0.1) is 5.52 Å². The van der Waals surface area contributed by atoms with E-state index < -0.39 is 5.76 Å². The highest BCUT2D eigenvalue weighted by Crippen LogP contribution is 2.23. The first-order valence-corrected chi connectivity index (χ1v) is 8.49. The van der Waals surface area contributed by atoms with Crippen LogP contribution in [0, 0.1) is 5.92 Å². The van der Waals surface area contributed by atoms with Gasteiger partial charge in [-0.3, -0.25) is 14.5 Å².